The van der Waals surface area contributed by atoms with E-state index < -0.39 is 0 Å². The number of hydrogen-bond acceptors (Lipinski definition) is 4. The topological polar surface area (TPSA) is 37.8 Å². The summed E-state index contributed by atoms with van der Waals surface area (Å²) in [5, 5.41) is 7.87. The molecule has 1 aromatic carbocycles. The normalized spacial score (nSPS) is 12.6. The van der Waals surface area contributed by atoms with Crippen LogP contribution >= 0.6 is 11.5 Å². The second-order valence-electron chi connectivity index (χ2n) is 5.63. The Morgan fingerprint density at radius 3 is 2.38 bits per heavy atom. The van der Waals surface area contributed by atoms with Crippen LogP contribution in [0.2, 0.25) is 0 Å². The number of aromatic nitrogens is 2. The van der Waals surface area contributed by atoms with Crippen molar-refractivity contribution in [2.24, 2.45) is 0 Å². The molecule has 0 aliphatic heterocycles. The molecule has 0 amide bonds. The molecule has 21 heavy (non-hydrogen) atoms. The lowest BCUT2D eigenvalue weighted by molar-refractivity contribution is 0.550. The zero-order valence-corrected chi connectivity index (χ0v) is 14.5. The molecule has 0 aliphatic carbocycles. The third-order valence-corrected chi connectivity index (χ3v) is 4.82. The summed E-state index contributed by atoms with van der Waals surface area (Å²) in [6.45, 7) is 11.8. The maximum atomic E-state index is 4.27. The average Bonchev–Trinajstić information content (AvgIpc) is 2.89. The summed E-state index contributed by atoms with van der Waals surface area (Å²) in [6.07, 6.45) is 1.95. The molecule has 1 unspecified atom stereocenters. The lowest BCUT2D eigenvalue weighted by Crippen LogP contribution is -2.23. The van der Waals surface area contributed by atoms with Gasteiger partial charge in [-0.05, 0) is 68.4 Å². The van der Waals surface area contributed by atoms with E-state index in [4.69, 9.17) is 0 Å². The van der Waals surface area contributed by atoms with Gasteiger partial charge in [-0.25, -0.2) is 0 Å². The average molecular weight is 303 g/mol. The molecule has 0 saturated carbocycles. The predicted octanol–water partition coefficient (Wildman–Crippen LogP) is 3.92. The van der Waals surface area contributed by atoms with Crippen molar-refractivity contribution in [1.29, 1.82) is 0 Å². The highest BCUT2D eigenvalue weighted by Gasteiger charge is 2.20. The molecular weight excluding hydrogens is 278 g/mol. The van der Waals surface area contributed by atoms with E-state index in [2.05, 4.69) is 61.7 Å². The Balaban J connectivity index is 2.33. The lowest BCUT2D eigenvalue weighted by Gasteiger charge is -2.20. The van der Waals surface area contributed by atoms with E-state index in [0.29, 0.717) is 6.04 Å². The number of nitrogens with one attached hydrogen (secondary N) is 1. The molecule has 0 radical (unpaired) electrons. The van der Waals surface area contributed by atoms with Crippen molar-refractivity contribution in [1.82, 2.24) is 14.9 Å². The molecular formula is C17H25N3S. The van der Waals surface area contributed by atoms with E-state index in [1.807, 2.05) is 0 Å². The first-order valence-corrected chi connectivity index (χ1v) is 8.45. The van der Waals surface area contributed by atoms with Crippen LogP contribution in [-0.4, -0.2) is 16.1 Å². The summed E-state index contributed by atoms with van der Waals surface area (Å²) in [7, 11) is 0. The molecule has 0 bridgehead atoms. The zero-order chi connectivity index (χ0) is 15.4. The van der Waals surface area contributed by atoms with Gasteiger partial charge in [-0.1, -0.05) is 36.0 Å². The second-order valence-corrected chi connectivity index (χ2v) is 6.41. The first-order chi connectivity index (χ1) is 10.1. The molecule has 1 N–H and O–H groups in total. The number of hydrogen-bond donors (Lipinski definition) is 1. The fourth-order valence-electron chi connectivity index (χ4n) is 2.97. The van der Waals surface area contributed by atoms with Gasteiger partial charge in [0.05, 0.1) is 10.6 Å². The third kappa shape index (κ3) is 3.69. The zero-order valence-electron chi connectivity index (χ0n) is 13.7. The van der Waals surface area contributed by atoms with Gasteiger partial charge in [0.25, 0.3) is 0 Å². The van der Waals surface area contributed by atoms with Gasteiger partial charge >= 0.3 is 0 Å². The molecule has 0 fully saturated rings. The summed E-state index contributed by atoms with van der Waals surface area (Å²) in [5.41, 5.74) is 6.68. The second kappa shape index (κ2) is 7.14. The van der Waals surface area contributed by atoms with Gasteiger partial charge in [0.1, 0.15) is 0 Å². The Labute approximate surface area is 132 Å². The number of benzene rings is 1. The minimum atomic E-state index is 0.310. The molecule has 2 rings (SSSR count). The predicted molar refractivity (Wildman–Crippen MR) is 90.1 cm³/mol. The van der Waals surface area contributed by atoms with Gasteiger partial charge in [-0.3, -0.25) is 0 Å². The van der Waals surface area contributed by atoms with Crippen LogP contribution in [0.3, 0.4) is 0 Å². The highest BCUT2D eigenvalue weighted by Crippen LogP contribution is 2.27. The summed E-state index contributed by atoms with van der Waals surface area (Å²) >= 11 is 1.53. The number of likely N-dealkylation sites (N-methyl/N-ethyl adjacent to an activating group) is 1. The van der Waals surface area contributed by atoms with Crippen molar-refractivity contribution in [3.63, 3.8) is 0 Å². The maximum absolute atomic E-state index is 4.27. The number of aryl methyl sites for hydroxylation is 4. The van der Waals surface area contributed by atoms with Gasteiger partial charge in [-0.2, -0.15) is 0 Å². The molecule has 0 spiro atoms. The maximum Gasteiger partial charge on any atom is 0.0801 e. The molecule has 1 heterocycles. The Kier molecular flexibility index (Phi) is 5.48. The van der Waals surface area contributed by atoms with Crippen LogP contribution in [0.1, 0.15) is 52.7 Å². The van der Waals surface area contributed by atoms with Crippen LogP contribution in [0.4, 0.5) is 0 Å². The van der Waals surface area contributed by atoms with Crippen LogP contribution in [0, 0.1) is 20.8 Å². The highest BCUT2D eigenvalue weighted by atomic mass is 32.1. The van der Waals surface area contributed by atoms with Crippen LogP contribution in [0.5, 0.6) is 0 Å². The Bertz CT molecular complexity index is 581. The fraction of sp³-hybridized carbons (Fsp3) is 0.529. The van der Waals surface area contributed by atoms with E-state index in [1.165, 1.54) is 38.7 Å². The van der Waals surface area contributed by atoms with Crippen LogP contribution < -0.4 is 5.32 Å². The van der Waals surface area contributed by atoms with E-state index >= 15 is 0 Å². The molecule has 1 aromatic heterocycles. The Morgan fingerprint density at radius 1 is 1.14 bits per heavy atom. The monoisotopic (exact) mass is 303 g/mol. The highest BCUT2D eigenvalue weighted by molar-refractivity contribution is 7.05. The van der Waals surface area contributed by atoms with Crippen molar-refractivity contribution in [3.05, 3.63) is 45.0 Å². The molecule has 3 nitrogen and oxygen atoms in total. The summed E-state index contributed by atoms with van der Waals surface area (Å²) < 4.78 is 4.15. The van der Waals surface area contributed by atoms with Gasteiger partial charge in [0, 0.05) is 6.04 Å². The van der Waals surface area contributed by atoms with Crippen molar-refractivity contribution >= 4 is 11.5 Å². The number of nitrogens with zero attached hydrogens (tertiary/aromatic N) is 2. The minimum Gasteiger partial charge on any atom is -0.309 e. The van der Waals surface area contributed by atoms with Crippen LogP contribution in [0.25, 0.3) is 0 Å². The summed E-state index contributed by atoms with van der Waals surface area (Å²) in [5.74, 6) is 0. The van der Waals surface area contributed by atoms with E-state index in [9.17, 15) is 0 Å². The lowest BCUT2D eigenvalue weighted by atomic mass is 9.93. The summed E-state index contributed by atoms with van der Waals surface area (Å²) in [4.78, 5) is 1.29. The SMILES string of the molecule is CCNC(Cc1c(C)cc(C)cc1C)c1snnc1CC. The molecule has 1 atom stereocenters. The molecule has 2 aromatic rings. The quantitative estimate of drug-likeness (QED) is 0.879. The minimum absolute atomic E-state index is 0.310. The molecule has 4 heteroatoms. The van der Waals surface area contributed by atoms with E-state index in [1.54, 1.807) is 0 Å². The van der Waals surface area contributed by atoms with Crippen LogP contribution in [0.15, 0.2) is 12.1 Å². The largest absolute Gasteiger partial charge is 0.309 e. The van der Waals surface area contributed by atoms with Crippen molar-refractivity contribution in [3.8, 4) is 0 Å². The number of rotatable bonds is 6. The van der Waals surface area contributed by atoms with E-state index in [0.717, 1.165) is 25.1 Å². The smallest absolute Gasteiger partial charge is 0.0801 e. The van der Waals surface area contributed by atoms with Crippen molar-refractivity contribution in [2.45, 2.75) is 53.5 Å². The van der Waals surface area contributed by atoms with Gasteiger partial charge in [-0.15, -0.1) is 5.10 Å². The Morgan fingerprint density at radius 2 is 1.81 bits per heavy atom. The third-order valence-electron chi connectivity index (χ3n) is 3.94. The summed E-state index contributed by atoms with van der Waals surface area (Å²) in [6, 6.07) is 4.86. The van der Waals surface area contributed by atoms with Gasteiger partial charge in [0.15, 0.2) is 0 Å². The standard InChI is InChI=1S/C17H25N3S/c1-6-15-17(21-20-19-15)16(18-7-2)10-14-12(4)8-11(3)9-13(14)5/h8-9,16,18H,6-7,10H2,1-5H3. The van der Waals surface area contributed by atoms with Gasteiger partial charge in [0.2, 0.25) is 0 Å². The molecule has 114 valence electrons. The first kappa shape index (κ1) is 16.1. The van der Waals surface area contributed by atoms with Crippen molar-refractivity contribution < 1.29 is 0 Å². The molecule has 0 aliphatic rings. The van der Waals surface area contributed by atoms with E-state index in [-0.39, 0.29) is 0 Å². The van der Waals surface area contributed by atoms with Crippen molar-refractivity contribution in [2.75, 3.05) is 6.54 Å². The fourth-order valence-corrected chi connectivity index (χ4v) is 3.78. The first-order valence-electron chi connectivity index (χ1n) is 7.68. The Hall–Kier alpha value is -1.26. The molecule has 0 saturated heterocycles. The van der Waals surface area contributed by atoms with Gasteiger partial charge < -0.3 is 5.32 Å². The van der Waals surface area contributed by atoms with Crippen LogP contribution in [-0.2, 0) is 12.8 Å².